The molecular weight excluding hydrogens is 276 g/mol. The second-order valence-electron chi connectivity index (χ2n) is 6.17. The number of anilines is 2. The van der Waals surface area contributed by atoms with Crippen LogP contribution >= 0.6 is 0 Å². The first kappa shape index (κ1) is 13.4. The predicted octanol–water partition coefficient (Wildman–Crippen LogP) is 1.61. The van der Waals surface area contributed by atoms with Gasteiger partial charge in [0.2, 0.25) is 0 Å². The standard InChI is InChI=1S/C16H20N6/c1-11-16(18-6-5-17-11)19-8-12-9-22(10-12)15-7-13-3-2-4-14(13)20-21-15/h5-7,12H,2-4,8-10H2,1H3,(H,18,19). The number of hydrogen-bond acceptors (Lipinski definition) is 6. The van der Waals surface area contributed by atoms with Crippen molar-refractivity contribution in [3.63, 3.8) is 0 Å². The lowest BCUT2D eigenvalue weighted by Crippen LogP contribution is -2.50. The van der Waals surface area contributed by atoms with Crippen molar-refractivity contribution in [2.75, 3.05) is 29.9 Å². The first-order chi connectivity index (χ1) is 10.8. The monoisotopic (exact) mass is 296 g/mol. The van der Waals surface area contributed by atoms with Gasteiger partial charge in [0.1, 0.15) is 5.82 Å². The van der Waals surface area contributed by atoms with Crippen LogP contribution in [0.15, 0.2) is 18.5 Å². The van der Waals surface area contributed by atoms with Gasteiger partial charge in [0.25, 0.3) is 0 Å². The minimum Gasteiger partial charge on any atom is -0.368 e. The molecule has 0 saturated carbocycles. The number of aryl methyl sites for hydroxylation is 3. The van der Waals surface area contributed by atoms with E-state index >= 15 is 0 Å². The smallest absolute Gasteiger partial charge is 0.151 e. The molecule has 6 nitrogen and oxygen atoms in total. The SMILES string of the molecule is Cc1nccnc1NCC1CN(c2cc3c(nn2)CCC3)C1. The van der Waals surface area contributed by atoms with Crippen LogP contribution in [-0.2, 0) is 12.8 Å². The van der Waals surface area contributed by atoms with Crippen molar-refractivity contribution in [2.24, 2.45) is 5.92 Å². The second kappa shape index (κ2) is 5.51. The molecule has 1 aliphatic heterocycles. The van der Waals surface area contributed by atoms with Crippen molar-refractivity contribution < 1.29 is 0 Å². The van der Waals surface area contributed by atoms with Crippen LogP contribution < -0.4 is 10.2 Å². The first-order valence-electron chi connectivity index (χ1n) is 7.91. The van der Waals surface area contributed by atoms with Crippen molar-refractivity contribution in [3.05, 3.63) is 35.4 Å². The van der Waals surface area contributed by atoms with Gasteiger partial charge in [-0.25, -0.2) is 4.98 Å². The zero-order valence-electron chi connectivity index (χ0n) is 12.8. The maximum atomic E-state index is 4.37. The lowest BCUT2D eigenvalue weighted by atomic mass is 10.00. The maximum absolute atomic E-state index is 4.37. The Labute approximate surface area is 130 Å². The van der Waals surface area contributed by atoms with Crippen LogP contribution in [0.1, 0.15) is 23.4 Å². The molecule has 0 amide bonds. The Morgan fingerprint density at radius 1 is 1.18 bits per heavy atom. The van der Waals surface area contributed by atoms with E-state index in [0.29, 0.717) is 5.92 Å². The molecule has 0 spiro atoms. The summed E-state index contributed by atoms with van der Waals surface area (Å²) in [5.74, 6) is 2.54. The van der Waals surface area contributed by atoms with Gasteiger partial charge in [-0.2, -0.15) is 5.10 Å². The summed E-state index contributed by atoms with van der Waals surface area (Å²) in [5, 5.41) is 12.1. The van der Waals surface area contributed by atoms with Crippen LogP contribution in [0, 0.1) is 12.8 Å². The normalized spacial score (nSPS) is 17.2. The lowest BCUT2D eigenvalue weighted by molar-refractivity contribution is 0.425. The third-order valence-corrected chi connectivity index (χ3v) is 4.53. The summed E-state index contributed by atoms with van der Waals surface area (Å²) < 4.78 is 0. The summed E-state index contributed by atoms with van der Waals surface area (Å²) in [4.78, 5) is 10.9. The number of nitrogens with zero attached hydrogens (tertiary/aromatic N) is 5. The molecule has 0 radical (unpaired) electrons. The van der Waals surface area contributed by atoms with Crippen LogP contribution in [0.5, 0.6) is 0 Å². The average molecular weight is 296 g/mol. The highest BCUT2D eigenvalue weighted by Crippen LogP contribution is 2.27. The van der Waals surface area contributed by atoms with Gasteiger partial charge < -0.3 is 10.2 Å². The van der Waals surface area contributed by atoms with Gasteiger partial charge in [-0.3, -0.25) is 4.98 Å². The molecule has 0 unspecified atom stereocenters. The zero-order chi connectivity index (χ0) is 14.9. The fourth-order valence-electron chi connectivity index (χ4n) is 3.18. The molecule has 0 bridgehead atoms. The van der Waals surface area contributed by atoms with E-state index in [0.717, 1.165) is 49.8 Å². The highest BCUT2D eigenvalue weighted by atomic mass is 15.3. The number of hydrogen-bond donors (Lipinski definition) is 1. The Morgan fingerprint density at radius 2 is 2.05 bits per heavy atom. The summed E-state index contributed by atoms with van der Waals surface area (Å²) in [6.45, 7) is 4.95. The maximum Gasteiger partial charge on any atom is 0.151 e. The molecular formula is C16H20N6. The third-order valence-electron chi connectivity index (χ3n) is 4.53. The largest absolute Gasteiger partial charge is 0.368 e. The van der Waals surface area contributed by atoms with Crippen LogP contribution in [-0.4, -0.2) is 39.8 Å². The van der Waals surface area contributed by atoms with Gasteiger partial charge in [0.15, 0.2) is 5.82 Å². The Hall–Kier alpha value is -2.24. The van der Waals surface area contributed by atoms with Crippen molar-refractivity contribution in [1.29, 1.82) is 0 Å². The molecule has 2 aromatic heterocycles. The van der Waals surface area contributed by atoms with Gasteiger partial charge in [-0.1, -0.05) is 0 Å². The van der Waals surface area contributed by atoms with Crippen LogP contribution in [0.4, 0.5) is 11.6 Å². The van der Waals surface area contributed by atoms with Gasteiger partial charge in [-0.05, 0) is 37.8 Å². The third kappa shape index (κ3) is 2.49. The molecule has 1 aliphatic carbocycles. The summed E-state index contributed by atoms with van der Waals surface area (Å²) in [7, 11) is 0. The van der Waals surface area contributed by atoms with Crippen molar-refractivity contribution in [1.82, 2.24) is 20.2 Å². The van der Waals surface area contributed by atoms with Gasteiger partial charge >= 0.3 is 0 Å². The van der Waals surface area contributed by atoms with E-state index in [4.69, 9.17) is 0 Å². The van der Waals surface area contributed by atoms with E-state index < -0.39 is 0 Å². The topological polar surface area (TPSA) is 66.8 Å². The Morgan fingerprint density at radius 3 is 2.91 bits per heavy atom. The molecule has 4 rings (SSSR count). The molecule has 3 heterocycles. The van der Waals surface area contributed by atoms with E-state index in [1.165, 1.54) is 17.7 Å². The molecule has 2 aromatic rings. The molecule has 0 aromatic carbocycles. The first-order valence-corrected chi connectivity index (χ1v) is 7.91. The molecule has 22 heavy (non-hydrogen) atoms. The van der Waals surface area contributed by atoms with E-state index in [2.05, 4.69) is 36.4 Å². The number of nitrogens with one attached hydrogen (secondary N) is 1. The highest BCUT2D eigenvalue weighted by Gasteiger charge is 2.29. The number of fused-ring (bicyclic) bond motifs is 1. The predicted molar refractivity (Wildman–Crippen MR) is 85.0 cm³/mol. The zero-order valence-corrected chi connectivity index (χ0v) is 12.8. The van der Waals surface area contributed by atoms with Crippen LogP contribution in [0.2, 0.25) is 0 Å². The van der Waals surface area contributed by atoms with E-state index in [1.54, 1.807) is 12.4 Å². The van der Waals surface area contributed by atoms with Crippen LogP contribution in [0.3, 0.4) is 0 Å². The molecule has 1 fully saturated rings. The number of aromatic nitrogens is 4. The fourth-order valence-corrected chi connectivity index (χ4v) is 3.18. The molecule has 2 aliphatic rings. The molecule has 0 atom stereocenters. The highest BCUT2D eigenvalue weighted by molar-refractivity contribution is 5.46. The molecule has 114 valence electrons. The summed E-state index contributed by atoms with van der Waals surface area (Å²) in [6, 6.07) is 2.23. The second-order valence-corrected chi connectivity index (χ2v) is 6.17. The Kier molecular flexibility index (Phi) is 3.36. The van der Waals surface area contributed by atoms with Crippen LogP contribution in [0.25, 0.3) is 0 Å². The van der Waals surface area contributed by atoms with Crippen molar-refractivity contribution >= 4 is 11.6 Å². The molecule has 1 N–H and O–H groups in total. The summed E-state index contributed by atoms with van der Waals surface area (Å²) in [5.41, 5.74) is 3.53. The van der Waals surface area contributed by atoms with Gasteiger partial charge in [-0.15, -0.1) is 5.10 Å². The van der Waals surface area contributed by atoms with Crippen molar-refractivity contribution in [2.45, 2.75) is 26.2 Å². The van der Waals surface area contributed by atoms with Crippen molar-refractivity contribution in [3.8, 4) is 0 Å². The van der Waals surface area contributed by atoms with E-state index in [9.17, 15) is 0 Å². The minimum absolute atomic E-state index is 0.622. The Bertz CT molecular complexity index is 680. The molecule has 1 saturated heterocycles. The van der Waals surface area contributed by atoms with E-state index in [1.807, 2.05) is 6.92 Å². The summed E-state index contributed by atoms with van der Waals surface area (Å²) >= 11 is 0. The number of rotatable bonds is 4. The van der Waals surface area contributed by atoms with Gasteiger partial charge in [0.05, 0.1) is 11.4 Å². The Balaban J connectivity index is 1.32. The fraction of sp³-hybridized carbons (Fsp3) is 0.500. The minimum atomic E-state index is 0.622. The van der Waals surface area contributed by atoms with Gasteiger partial charge in [0, 0.05) is 37.9 Å². The lowest BCUT2D eigenvalue weighted by Gasteiger charge is -2.40. The quantitative estimate of drug-likeness (QED) is 0.924. The van der Waals surface area contributed by atoms with E-state index in [-0.39, 0.29) is 0 Å². The molecule has 6 heteroatoms. The average Bonchev–Trinajstić information content (AvgIpc) is 2.95. The summed E-state index contributed by atoms with van der Waals surface area (Å²) in [6.07, 6.45) is 6.91.